The smallest absolute Gasteiger partial charge is 0.387 e. The Balaban J connectivity index is 1.48. The van der Waals surface area contributed by atoms with E-state index in [1.54, 1.807) is 0 Å². The number of ether oxygens (including phenoxy) is 2. The van der Waals surface area contributed by atoms with Crippen LogP contribution in [0.4, 0.5) is 23.4 Å². The van der Waals surface area contributed by atoms with Gasteiger partial charge in [-0.2, -0.15) is 13.9 Å². The lowest BCUT2D eigenvalue weighted by Gasteiger charge is -2.29. The summed E-state index contributed by atoms with van der Waals surface area (Å²) in [5.41, 5.74) is 0.247. The van der Waals surface area contributed by atoms with Gasteiger partial charge in [0.1, 0.15) is 29.9 Å². The summed E-state index contributed by atoms with van der Waals surface area (Å²) in [5.74, 6) is -1.74. The molecule has 2 aliphatic heterocycles. The standard InChI is InChI=1S/C22H22F4N6O4/c23-11-3-10(4-13(5-11)36-22(25)26)15-6-12(24)7-32(15)21(34)18-17-19(27-9-28-20(17)31-30-18)29-14-1-2-35-8-16(14)33/h3-5,9,12,14-16,22,33H,1-2,6-8H2,(H2,27,28,29,30,31)/t12-,14+,15+,16+/m0/s1. The summed E-state index contributed by atoms with van der Waals surface area (Å²) in [6.07, 6.45) is -0.646. The van der Waals surface area contributed by atoms with E-state index in [-0.39, 0.29) is 47.7 Å². The number of rotatable bonds is 6. The van der Waals surface area contributed by atoms with Crippen molar-refractivity contribution in [3.63, 3.8) is 0 Å². The molecule has 2 fully saturated rings. The number of hydrogen-bond acceptors (Lipinski definition) is 8. The number of fused-ring (bicyclic) bond motifs is 1. The molecule has 14 heteroatoms. The number of aliphatic hydroxyl groups is 1. The van der Waals surface area contributed by atoms with Crippen LogP contribution < -0.4 is 10.1 Å². The molecule has 0 spiro atoms. The lowest BCUT2D eigenvalue weighted by atomic mass is 10.0. The number of carbonyl (C=O) groups excluding carboxylic acids is 1. The Kier molecular flexibility index (Phi) is 6.62. The average Bonchev–Trinajstić information content (AvgIpc) is 3.44. The summed E-state index contributed by atoms with van der Waals surface area (Å²) < 4.78 is 63.6. The second-order valence-electron chi connectivity index (χ2n) is 8.60. The Hall–Kier alpha value is -3.52. The largest absolute Gasteiger partial charge is 0.435 e. The number of anilines is 1. The van der Waals surface area contributed by atoms with Gasteiger partial charge < -0.3 is 24.8 Å². The zero-order chi connectivity index (χ0) is 25.4. The van der Waals surface area contributed by atoms with Crippen LogP contribution in [0.1, 0.15) is 34.9 Å². The third-order valence-electron chi connectivity index (χ3n) is 6.22. The molecule has 1 aromatic carbocycles. The molecule has 0 saturated carbocycles. The molecule has 10 nitrogen and oxygen atoms in total. The Bertz CT molecular complexity index is 1260. The Morgan fingerprint density at radius 2 is 2.14 bits per heavy atom. The second kappa shape index (κ2) is 9.85. The fourth-order valence-corrected chi connectivity index (χ4v) is 4.60. The zero-order valence-electron chi connectivity index (χ0n) is 18.7. The third-order valence-corrected chi connectivity index (χ3v) is 6.22. The number of aromatic nitrogens is 4. The van der Waals surface area contributed by atoms with Crippen LogP contribution in [-0.2, 0) is 4.74 Å². The lowest BCUT2D eigenvalue weighted by Crippen LogP contribution is -2.42. The number of aliphatic hydroxyl groups excluding tert-OH is 1. The number of nitrogens with one attached hydrogen (secondary N) is 2. The van der Waals surface area contributed by atoms with Crippen LogP contribution >= 0.6 is 0 Å². The van der Waals surface area contributed by atoms with Crippen molar-refractivity contribution >= 4 is 22.8 Å². The maximum Gasteiger partial charge on any atom is 0.387 e. The molecule has 5 rings (SSSR count). The fraction of sp³-hybridized carbons (Fsp3) is 0.455. The van der Waals surface area contributed by atoms with Gasteiger partial charge in [-0.15, -0.1) is 0 Å². The molecule has 0 radical (unpaired) electrons. The van der Waals surface area contributed by atoms with Gasteiger partial charge in [0.2, 0.25) is 0 Å². The molecule has 4 heterocycles. The number of nitrogens with zero attached hydrogens (tertiary/aromatic N) is 4. The molecular formula is C22H22F4N6O4. The minimum atomic E-state index is -3.18. The van der Waals surface area contributed by atoms with Gasteiger partial charge in [-0.25, -0.2) is 18.7 Å². The first-order chi connectivity index (χ1) is 17.3. The molecule has 36 heavy (non-hydrogen) atoms. The number of carbonyl (C=O) groups is 1. The number of H-pyrrole nitrogens is 1. The number of likely N-dealkylation sites (tertiary alicyclic amines) is 1. The maximum absolute atomic E-state index is 14.5. The van der Waals surface area contributed by atoms with Crippen LogP contribution in [0.15, 0.2) is 24.5 Å². The normalized spacial score (nSPS) is 24.4. The van der Waals surface area contributed by atoms with E-state index in [1.165, 1.54) is 11.2 Å². The van der Waals surface area contributed by atoms with Crippen molar-refractivity contribution in [3.05, 3.63) is 41.6 Å². The predicted molar refractivity (Wildman–Crippen MR) is 117 cm³/mol. The summed E-state index contributed by atoms with van der Waals surface area (Å²) in [6.45, 7) is -2.92. The van der Waals surface area contributed by atoms with Crippen LogP contribution in [-0.4, -0.2) is 80.8 Å². The molecule has 2 aromatic heterocycles. The van der Waals surface area contributed by atoms with E-state index in [0.29, 0.717) is 13.0 Å². The Morgan fingerprint density at radius 3 is 2.92 bits per heavy atom. The highest BCUT2D eigenvalue weighted by Gasteiger charge is 2.39. The van der Waals surface area contributed by atoms with Crippen molar-refractivity contribution in [2.75, 3.05) is 25.1 Å². The molecule has 3 aromatic rings. The van der Waals surface area contributed by atoms with Crippen molar-refractivity contribution in [2.45, 2.75) is 43.8 Å². The molecule has 0 aliphatic carbocycles. The predicted octanol–water partition coefficient (Wildman–Crippen LogP) is 2.58. The van der Waals surface area contributed by atoms with Gasteiger partial charge in [-0.3, -0.25) is 9.89 Å². The van der Waals surface area contributed by atoms with Gasteiger partial charge in [0.25, 0.3) is 5.91 Å². The van der Waals surface area contributed by atoms with Crippen LogP contribution in [0, 0.1) is 5.82 Å². The van der Waals surface area contributed by atoms with Crippen LogP contribution in [0.2, 0.25) is 0 Å². The van der Waals surface area contributed by atoms with E-state index < -0.39 is 48.4 Å². The van der Waals surface area contributed by atoms with Gasteiger partial charge >= 0.3 is 6.61 Å². The first kappa shape index (κ1) is 24.2. The Labute approximate surface area is 201 Å². The van der Waals surface area contributed by atoms with Crippen LogP contribution in [0.3, 0.4) is 0 Å². The first-order valence-corrected chi connectivity index (χ1v) is 11.2. The van der Waals surface area contributed by atoms with Crippen molar-refractivity contribution in [1.82, 2.24) is 25.1 Å². The highest BCUT2D eigenvalue weighted by atomic mass is 19.3. The first-order valence-electron chi connectivity index (χ1n) is 11.2. The molecule has 0 unspecified atom stereocenters. The number of amides is 1. The summed E-state index contributed by atoms with van der Waals surface area (Å²) in [4.78, 5) is 23.0. The third kappa shape index (κ3) is 4.78. The van der Waals surface area contributed by atoms with Crippen molar-refractivity contribution in [2.24, 2.45) is 0 Å². The topological polar surface area (TPSA) is 125 Å². The molecule has 2 aliphatic rings. The van der Waals surface area contributed by atoms with E-state index in [2.05, 4.69) is 30.2 Å². The quantitative estimate of drug-likeness (QED) is 0.432. The summed E-state index contributed by atoms with van der Waals surface area (Å²) >= 11 is 0. The summed E-state index contributed by atoms with van der Waals surface area (Å²) in [7, 11) is 0. The van der Waals surface area contributed by atoms with E-state index in [4.69, 9.17) is 4.74 Å². The number of benzene rings is 1. The molecule has 0 bridgehead atoms. The zero-order valence-corrected chi connectivity index (χ0v) is 18.7. The van der Waals surface area contributed by atoms with Crippen molar-refractivity contribution in [3.8, 4) is 5.75 Å². The lowest BCUT2D eigenvalue weighted by molar-refractivity contribution is -0.0501. The van der Waals surface area contributed by atoms with Gasteiger partial charge in [0.15, 0.2) is 11.3 Å². The summed E-state index contributed by atoms with van der Waals surface area (Å²) in [6, 6.07) is 1.64. The molecule has 1 amide bonds. The molecule has 192 valence electrons. The highest BCUT2D eigenvalue weighted by molar-refractivity contribution is 6.07. The maximum atomic E-state index is 14.5. The van der Waals surface area contributed by atoms with Crippen LogP contribution in [0.25, 0.3) is 11.0 Å². The van der Waals surface area contributed by atoms with Crippen LogP contribution in [0.5, 0.6) is 5.75 Å². The van der Waals surface area contributed by atoms with E-state index >= 15 is 0 Å². The number of aromatic amines is 1. The highest BCUT2D eigenvalue weighted by Crippen LogP contribution is 2.37. The molecule has 2 saturated heterocycles. The van der Waals surface area contributed by atoms with Gasteiger partial charge in [0.05, 0.1) is 36.7 Å². The number of halogens is 4. The van der Waals surface area contributed by atoms with E-state index in [1.807, 2.05) is 0 Å². The Morgan fingerprint density at radius 1 is 1.31 bits per heavy atom. The van der Waals surface area contributed by atoms with Gasteiger partial charge in [0, 0.05) is 19.1 Å². The van der Waals surface area contributed by atoms with Gasteiger partial charge in [-0.05, 0) is 24.1 Å². The molecule has 4 atom stereocenters. The minimum absolute atomic E-state index is 0.103. The van der Waals surface area contributed by atoms with E-state index in [9.17, 15) is 27.5 Å². The van der Waals surface area contributed by atoms with Gasteiger partial charge in [-0.1, -0.05) is 0 Å². The molecular weight excluding hydrogens is 488 g/mol. The summed E-state index contributed by atoms with van der Waals surface area (Å²) in [5, 5.41) is 20.3. The minimum Gasteiger partial charge on any atom is -0.435 e. The van der Waals surface area contributed by atoms with Crippen molar-refractivity contribution in [1.29, 1.82) is 0 Å². The average molecular weight is 510 g/mol. The fourth-order valence-electron chi connectivity index (χ4n) is 4.60. The number of alkyl halides is 3. The second-order valence-corrected chi connectivity index (χ2v) is 8.60. The SMILES string of the molecule is O=C(c1n[nH]c2ncnc(N[C@@H]3CCOC[C@H]3O)c12)N1C[C@@H](F)C[C@@H]1c1cc(F)cc(OC(F)F)c1. The monoisotopic (exact) mass is 510 g/mol. The van der Waals surface area contributed by atoms with Crippen molar-refractivity contribution < 1.29 is 36.9 Å². The molecule has 3 N–H and O–H groups in total. The van der Waals surface area contributed by atoms with E-state index in [0.717, 1.165) is 18.2 Å². The number of hydrogen-bond donors (Lipinski definition) is 3.